The van der Waals surface area contributed by atoms with Gasteiger partial charge in [0.05, 0.1) is 20.5 Å². The van der Waals surface area contributed by atoms with Crippen LogP contribution in [0.2, 0.25) is 10.0 Å². The number of hydrogen-bond acceptors (Lipinski definition) is 7. The van der Waals surface area contributed by atoms with E-state index in [1.807, 2.05) is 0 Å². The predicted molar refractivity (Wildman–Crippen MR) is 123 cm³/mol. The Morgan fingerprint density at radius 1 is 1.09 bits per heavy atom. The minimum absolute atomic E-state index is 0.0663. The predicted octanol–water partition coefficient (Wildman–Crippen LogP) is 3.21. The highest BCUT2D eigenvalue weighted by Gasteiger charge is 2.15. The van der Waals surface area contributed by atoms with E-state index in [1.54, 1.807) is 30.3 Å². The first-order valence-corrected chi connectivity index (χ1v) is 11.3. The highest BCUT2D eigenvalue weighted by molar-refractivity contribution is 7.89. The first-order valence-electron chi connectivity index (χ1n) is 9.00. The molecule has 0 aliphatic carbocycles. The number of anilines is 2. The number of aromatic nitrogens is 3. The fourth-order valence-corrected chi connectivity index (χ4v) is 3.91. The molecule has 0 aliphatic rings. The van der Waals surface area contributed by atoms with Gasteiger partial charge in [0.1, 0.15) is 7.11 Å². The van der Waals surface area contributed by atoms with E-state index >= 15 is 0 Å². The Morgan fingerprint density at radius 3 is 2.56 bits per heavy atom. The van der Waals surface area contributed by atoms with Crippen molar-refractivity contribution in [1.82, 2.24) is 14.7 Å². The van der Waals surface area contributed by atoms with E-state index in [9.17, 15) is 13.2 Å². The van der Waals surface area contributed by atoms with Crippen molar-refractivity contribution in [3.8, 4) is 11.1 Å². The van der Waals surface area contributed by atoms with Crippen LogP contribution in [0.3, 0.4) is 0 Å². The third kappa shape index (κ3) is 4.26. The Hall–Kier alpha value is -3.18. The molecule has 0 atom stereocenters. The van der Waals surface area contributed by atoms with Crippen LogP contribution in [0.4, 0.5) is 11.6 Å². The van der Waals surface area contributed by atoms with Crippen molar-refractivity contribution >= 4 is 55.9 Å². The molecule has 164 valence electrons. The molecule has 4 aromatic rings. The summed E-state index contributed by atoms with van der Waals surface area (Å²) in [6.07, 6.45) is 1.50. The lowest BCUT2D eigenvalue weighted by atomic mass is 10.1. The smallest absolute Gasteiger partial charge is 0.292 e. The number of fused-ring (bicyclic) bond motifs is 1. The molecule has 4 rings (SSSR count). The van der Waals surface area contributed by atoms with Crippen molar-refractivity contribution in [2.45, 2.75) is 4.90 Å². The van der Waals surface area contributed by atoms with Crippen LogP contribution in [-0.4, -0.2) is 30.2 Å². The second kappa shape index (κ2) is 8.40. The molecule has 0 spiro atoms. The van der Waals surface area contributed by atoms with E-state index in [4.69, 9.17) is 33.2 Å². The van der Waals surface area contributed by atoms with Crippen molar-refractivity contribution in [3.05, 3.63) is 75.1 Å². The number of nitrogens with zero attached hydrogens (tertiary/aromatic N) is 3. The molecule has 9 nitrogen and oxygen atoms in total. The molecule has 3 N–H and O–H groups in total. The van der Waals surface area contributed by atoms with Gasteiger partial charge in [-0.2, -0.15) is 4.98 Å². The van der Waals surface area contributed by atoms with Gasteiger partial charge in [-0.1, -0.05) is 35.3 Å². The summed E-state index contributed by atoms with van der Waals surface area (Å²) < 4.78 is 24.2. The summed E-state index contributed by atoms with van der Waals surface area (Å²) in [5.41, 5.74) is 1.03. The lowest BCUT2D eigenvalue weighted by Gasteiger charge is -2.12. The minimum atomic E-state index is -3.87. The van der Waals surface area contributed by atoms with Crippen molar-refractivity contribution in [3.63, 3.8) is 0 Å². The summed E-state index contributed by atoms with van der Waals surface area (Å²) in [4.78, 5) is 26.8. The van der Waals surface area contributed by atoms with E-state index in [0.29, 0.717) is 32.2 Å². The van der Waals surface area contributed by atoms with Crippen LogP contribution in [0.25, 0.3) is 22.2 Å². The van der Waals surface area contributed by atoms with Crippen LogP contribution in [0.1, 0.15) is 0 Å². The minimum Gasteiger partial charge on any atom is -0.412 e. The third-order valence-electron chi connectivity index (χ3n) is 4.53. The summed E-state index contributed by atoms with van der Waals surface area (Å²) in [7, 11) is -2.53. The monoisotopic (exact) mass is 491 g/mol. The number of primary sulfonamides is 1. The zero-order chi connectivity index (χ0) is 23.0. The fraction of sp³-hybridized carbons (Fsp3) is 0.0500. The van der Waals surface area contributed by atoms with Crippen LogP contribution in [0.5, 0.6) is 0 Å². The lowest BCUT2D eigenvalue weighted by molar-refractivity contribution is 0.168. The summed E-state index contributed by atoms with van der Waals surface area (Å²) in [5, 5.41) is 9.27. The SMILES string of the molecule is COn1c(=O)c(-c2ccc(Cl)c(Cl)c2)cc2cnc(Nc3cccc(S(N)(=O)=O)c3)nc21. The molecule has 0 saturated carbocycles. The zero-order valence-corrected chi connectivity index (χ0v) is 18.7. The standard InChI is InChI=1S/C20H15Cl2N5O4S/c1-31-27-18-12(7-15(19(27)28)11-5-6-16(21)17(22)8-11)10-24-20(26-18)25-13-3-2-4-14(9-13)32(23,29)30/h2-10H,1H3,(H2,23,29,30)(H,24,25,26). The third-order valence-corrected chi connectivity index (χ3v) is 6.18. The first kappa shape index (κ1) is 22.0. The topological polar surface area (TPSA) is 129 Å². The number of sulfonamides is 1. The van der Waals surface area contributed by atoms with E-state index in [2.05, 4.69) is 15.3 Å². The molecule has 0 unspecified atom stereocenters. The van der Waals surface area contributed by atoms with Gasteiger partial charge in [0.2, 0.25) is 16.0 Å². The van der Waals surface area contributed by atoms with Gasteiger partial charge in [-0.25, -0.2) is 18.5 Å². The van der Waals surface area contributed by atoms with Crippen molar-refractivity contribution < 1.29 is 13.3 Å². The molecule has 0 radical (unpaired) electrons. The van der Waals surface area contributed by atoms with E-state index in [1.165, 1.54) is 31.5 Å². The fourth-order valence-electron chi connectivity index (χ4n) is 3.05. The van der Waals surface area contributed by atoms with Gasteiger partial charge >= 0.3 is 0 Å². The van der Waals surface area contributed by atoms with Crippen LogP contribution in [0, 0.1) is 0 Å². The van der Waals surface area contributed by atoms with Gasteiger partial charge in [-0.3, -0.25) is 4.79 Å². The van der Waals surface area contributed by atoms with Crippen LogP contribution in [-0.2, 0) is 10.0 Å². The maximum atomic E-state index is 13.0. The van der Waals surface area contributed by atoms with Gasteiger partial charge in [0, 0.05) is 17.3 Å². The lowest BCUT2D eigenvalue weighted by Crippen LogP contribution is -2.27. The average molecular weight is 492 g/mol. The number of benzene rings is 2. The van der Waals surface area contributed by atoms with Gasteiger partial charge < -0.3 is 10.2 Å². The van der Waals surface area contributed by atoms with Gasteiger partial charge in [0.25, 0.3) is 5.56 Å². The zero-order valence-electron chi connectivity index (χ0n) is 16.4. The highest BCUT2D eigenvalue weighted by Crippen LogP contribution is 2.28. The maximum Gasteiger partial charge on any atom is 0.292 e. The first-order chi connectivity index (χ1) is 15.2. The molecule has 32 heavy (non-hydrogen) atoms. The van der Waals surface area contributed by atoms with E-state index < -0.39 is 15.6 Å². The highest BCUT2D eigenvalue weighted by atomic mass is 35.5. The summed E-state index contributed by atoms with van der Waals surface area (Å²) in [6.45, 7) is 0. The quantitative estimate of drug-likeness (QED) is 0.438. The number of pyridine rings is 1. The van der Waals surface area contributed by atoms with Gasteiger partial charge in [-0.15, -0.1) is 4.73 Å². The Kier molecular flexibility index (Phi) is 5.78. The normalized spacial score (nSPS) is 11.5. The Labute approximate surface area is 192 Å². The van der Waals surface area contributed by atoms with Crippen molar-refractivity contribution in [2.24, 2.45) is 5.14 Å². The molecule has 2 aromatic heterocycles. The molecule has 2 heterocycles. The van der Waals surface area contributed by atoms with E-state index in [-0.39, 0.29) is 16.5 Å². The molecule has 0 amide bonds. The Morgan fingerprint density at radius 2 is 1.88 bits per heavy atom. The van der Waals surface area contributed by atoms with Gasteiger partial charge in [-0.05, 0) is 42.0 Å². The molecule has 0 bridgehead atoms. The van der Waals surface area contributed by atoms with Gasteiger partial charge in [0.15, 0.2) is 5.65 Å². The second-order valence-corrected chi connectivity index (χ2v) is 9.02. The van der Waals surface area contributed by atoms with Crippen molar-refractivity contribution in [2.75, 3.05) is 12.4 Å². The number of halogens is 2. The molecule has 0 aliphatic heterocycles. The molecular formula is C20H15Cl2N5O4S. The molecular weight excluding hydrogens is 477 g/mol. The molecule has 0 saturated heterocycles. The number of hydrogen-bond donors (Lipinski definition) is 2. The largest absolute Gasteiger partial charge is 0.412 e. The molecule has 0 fully saturated rings. The summed E-state index contributed by atoms with van der Waals surface area (Å²) in [6, 6.07) is 12.3. The van der Waals surface area contributed by atoms with E-state index in [0.717, 1.165) is 4.73 Å². The second-order valence-electron chi connectivity index (χ2n) is 6.64. The van der Waals surface area contributed by atoms with Crippen molar-refractivity contribution in [1.29, 1.82) is 0 Å². The number of nitrogens with two attached hydrogens (primary N) is 1. The number of nitrogens with one attached hydrogen (secondary N) is 1. The Balaban J connectivity index is 1.80. The number of rotatable bonds is 5. The van der Waals surface area contributed by atoms with Crippen LogP contribution >= 0.6 is 23.2 Å². The molecule has 2 aromatic carbocycles. The maximum absolute atomic E-state index is 13.0. The van der Waals surface area contributed by atoms with Crippen LogP contribution in [0.15, 0.2) is 64.4 Å². The summed E-state index contributed by atoms with van der Waals surface area (Å²) in [5.74, 6) is 0.122. The van der Waals surface area contributed by atoms with Crippen LogP contribution < -0.4 is 20.9 Å². The Bertz CT molecular complexity index is 1520. The average Bonchev–Trinajstić information content (AvgIpc) is 2.75. The molecule has 12 heteroatoms. The summed E-state index contributed by atoms with van der Waals surface area (Å²) >= 11 is 12.1.